The van der Waals surface area contributed by atoms with E-state index in [4.69, 9.17) is 14.2 Å². The van der Waals surface area contributed by atoms with Crippen LogP contribution in [-0.4, -0.2) is 7.85 Å². The minimum Gasteiger partial charge on any atom is -0.459 e. The van der Waals surface area contributed by atoms with Gasteiger partial charge in [0.05, 0.1) is 11.1 Å². The summed E-state index contributed by atoms with van der Waals surface area (Å²) in [6.07, 6.45) is 5.79. The number of hydrogen-bond acceptors (Lipinski definition) is 3. The summed E-state index contributed by atoms with van der Waals surface area (Å²) in [7, 11) is 2.24. The summed E-state index contributed by atoms with van der Waals surface area (Å²) < 4.78 is 19.7. The Morgan fingerprint density at radius 1 is 0.727 bits per heavy atom. The van der Waals surface area contributed by atoms with Crippen molar-refractivity contribution in [1.82, 2.24) is 0 Å². The van der Waals surface area contributed by atoms with E-state index in [1.54, 1.807) is 0 Å². The lowest BCUT2D eigenvalue weighted by atomic mass is 9.82. The van der Waals surface area contributed by atoms with Gasteiger partial charge in [-0.05, 0) is 64.5 Å². The number of unbranched alkanes of at least 4 members (excludes halogenated alkanes) is 1. The maximum absolute atomic E-state index is 6.65. The Kier molecular flexibility index (Phi) is 6.61. The van der Waals surface area contributed by atoms with Crippen molar-refractivity contribution in [3.63, 3.8) is 0 Å². The molecule has 0 saturated heterocycles. The van der Waals surface area contributed by atoms with Crippen LogP contribution in [0.25, 0.3) is 0 Å². The Hall–Kier alpha value is -1.94. The van der Waals surface area contributed by atoms with Crippen molar-refractivity contribution in [2.45, 2.75) is 110 Å². The first kappa shape index (κ1) is 24.2. The van der Waals surface area contributed by atoms with Gasteiger partial charge in [0.25, 0.3) is 0 Å². The summed E-state index contributed by atoms with van der Waals surface area (Å²) in [6, 6.07) is 9.17. The highest BCUT2D eigenvalue weighted by molar-refractivity contribution is 6.08. The first-order chi connectivity index (χ1) is 15.5. The minimum atomic E-state index is -0.421. The monoisotopic (exact) mass is 448 g/mol. The molecule has 2 bridgehead atoms. The molecule has 0 saturated carbocycles. The summed E-state index contributed by atoms with van der Waals surface area (Å²) in [6.45, 7) is 15.8. The second-order valence-electron chi connectivity index (χ2n) is 11.9. The molecule has 0 aliphatic carbocycles. The van der Waals surface area contributed by atoms with Crippen LogP contribution in [0.2, 0.25) is 6.32 Å². The van der Waals surface area contributed by atoms with Crippen LogP contribution < -0.4 is 9.47 Å². The predicted octanol–water partition coefficient (Wildman–Crippen LogP) is 7.11. The number of hydrogen-bond donors (Lipinski definition) is 0. The first-order valence-corrected chi connectivity index (χ1v) is 12.9. The fourth-order valence-corrected chi connectivity index (χ4v) is 4.69. The van der Waals surface area contributed by atoms with Crippen molar-refractivity contribution in [2.75, 3.05) is 0 Å². The molecule has 0 aromatic heterocycles. The van der Waals surface area contributed by atoms with Gasteiger partial charge in [-0.3, -0.25) is 4.74 Å². The lowest BCUT2D eigenvalue weighted by molar-refractivity contribution is -0.228. The number of rotatable bonds is 6. The van der Waals surface area contributed by atoms with Crippen LogP contribution in [0.3, 0.4) is 0 Å². The van der Waals surface area contributed by atoms with E-state index in [2.05, 4.69) is 80.6 Å². The van der Waals surface area contributed by atoms with E-state index in [0.29, 0.717) is 0 Å². The Morgan fingerprint density at radius 2 is 1.18 bits per heavy atom. The average molecular weight is 448 g/mol. The minimum absolute atomic E-state index is 0.0489. The van der Waals surface area contributed by atoms with Crippen molar-refractivity contribution in [3.05, 3.63) is 57.6 Å². The highest BCUT2D eigenvalue weighted by Crippen LogP contribution is 2.52. The smallest absolute Gasteiger partial charge is 0.233 e. The number of benzene rings is 2. The van der Waals surface area contributed by atoms with Crippen LogP contribution in [0.15, 0.2) is 24.3 Å². The van der Waals surface area contributed by atoms with Crippen LogP contribution in [-0.2, 0) is 28.4 Å². The molecule has 178 valence electrons. The van der Waals surface area contributed by atoms with Crippen LogP contribution in [0, 0.1) is 0 Å². The standard InChI is InChI=1S/C29H41BO3/c1-8-9-11-18-14-20(28(2,3)4)16-22-24(18)31-27-23-17-21(29(5,6)7)15-19(12-10-13-30)25(23)32-26(22)33-27/h14-17,26-27H,8-13,30H2,1-7H3. The summed E-state index contributed by atoms with van der Waals surface area (Å²) in [5.41, 5.74) is 7.35. The zero-order valence-electron chi connectivity index (χ0n) is 21.9. The Labute approximate surface area is 201 Å². The molecule has 2 aliphatic rings. The lowest BCUT2D eigenvalue weighted by Gasteiger charge is -2.41. The maximum Gasteiger partial charge on any atom is 0.233 e. The molecule has 0 fully saturated rings. The van der Waals surface area contributed by atoms with Gasteiger partial charge in [-0.15, -0.1) is 0 Å². The third-order valence-electron chi connectivity index (χ3n) is 6.93. The number of ether oxygens (including phenoxy) is 3. The molecule has 2 aliphatic heterocycles. The molecule has 33 heavy (non-hydrogen) atoms. The van der Waals surface area contributed by atoms with Gasteiger partial charge in [0.1, 0.15) is 19.3 Å². The third-order valence-corrected chi connectivity index (χ3v) is 6.93. The molecule has 3 nitrogen and oxygen atoms in total. The topological polar surface area (TPSA) is 27.7 Å². The lowest BCUT2D eigenvalue weighted by Crippen LogP contribution is -2.32. The van der Waals surface area contributed by atoms with Gasteiger partial charge >= 0.3 is 0 Å². The van der Waals surface area contributed by atoms with Crippen molar-refractivity contribution in [2.24, 2.45) is 0 Å². The Morgan fingerprint density at radius 3 is 1.58 bits per heavy atom. The predicted molar refractivity (Wildman–Crippen MR) is 138 cm³/mol. The summed E-state index contributed by atoms with van der Waals surface area (Å²) >= 11 is 0. The van der Waals surface area contributed by atoms with Gasteiger partial charge in [-0.25, -0.2) is 0 Å². The van der Waals surface area contributed by atoms with Crippen LogP contribution in [0.4, 0.5) is 0 Å². The SMILES string of the molecule is BCCCc1cc(C(C)(C)C)cc2c1OC1OC2Oc2c(CCCC)cc(C(C)(C)C)cc21. The van der Waals surface area contributed by atoms with Crippen molar-refractivity contribution in [3.8, 4) is 11.5 Å². The van der Waals surface area contributed by atoms with E-state index < -0.39 is 12.6 Å². The molecule has 2 aromatic carbocycles. The Balaban J connectivity index is 1.82. The normalized spacial score (nSPS) is 19.4. The van der Waals surface area contributed by atoms with Crippen molar-refractivity contribution >= 4 is 7.85 Å². The molecule has 2 atom stereocenters. The third kappa shape index (κ3) is 4.82. The van der Waals surface area contributed by atoms with Crippen molar-refractivity contribution in [1.29, 1.82) is 0 Å². The zero-order valence-corrected chi connectivity index (χ0v) is 21.9. The molecule has 2 aromatic rings. The van der Waals surface area contributed by atoms with E-state index in [-0.39, 0.29) is 10.8 Å². The highest BCUT2D eigenvalue weighted by Gasteiger charge is 2.41. The van der Waals surface area contributed by atoms with E-state index in [1.165, 1.54) is 22.3 Å². The number of fused-ring (bicyclic) bond motifs is 6. The Bertz CT molecular complexity index is 931. The first-order valence-electron chi connectivity index (χ1n) is 12.9. The quantitative estimate of drug-likeness (QED) is 0.441. The largest absolute Gasteiger partial charge is 0.459 e. The molecular formula is C29H41BO3. The van der Waals surface area contributed by atoms with Crippen LogP contribution >= 0.6 is 0 Å². The molecule has 0 spiro atoms. The van der Waals surface area contributed by atoms with Gasteiger partial charge in [0.2, 0.25) is 12.6 Å². The summed E-state index contributed by atoms with van der Waals surface area (Å²) in [4.78, 5) is 0. The van der Waals surface area contributed by atoms with Gasteiger partial charge in [0, 0.05) is 0 Å². The van der Waals surface area contributed by atoms with E-state index >= 15 is 0 Å². The molecule has 4 heteroatoms. The second kappa shape index (κ2) is 9.02. The van der Waals surface area contributed by atoms with Gasteiger partial charge in [0.15, 0.2) is 0 Å². The molecule has 0 N–H and O–H groups in total. The van der Waals surface area contributed by atoms with Crippen molar-refractivity contribution < 1.29 is 14.2 Å². The molecular weight excluding hydrogens is 407 g/mol. The highest BCUT2D eigenvalue weighted by atomic mass is 16.8. The van der Waals surface area contributed by atoms with Crippen LogP contribution in [0.1, 0.15) is 114 Å². The van der Waals surface area contributed by atoms with E-state index in [1.807, 2.05) is 0 Å². The fourth-order valence-electron chi connectivity index (χ4n) is 4.69. The van der Waals surface area contributed by atoms with Gasteiger partial charge < -0.3 is 9.47 Å². The van der Waals surface area contributed by atoms with E-state index in [0.717, 1.165) is 61.1 Å². The molecule has 2 unspecified atom stereocenters. The average Bonchev–Trinajstić information content (AvgIpc) is 2.74. The second-order valence-corrected chi connectivity index (χ2v) is 11.9. The molecule has 0 amide bonds. The zero-order chi connectivity index (χ0) is 24.0. The fraction of sp³-hybridized carbons (Fsp3) is 0.586. The molecule has 0 radical (unpaired) electrons. The summed E-state index contributed by atoms with van der Waals surface area (Å²) in [5.74, 6) is 1.94. The number of aryl methyl sites for hydroxylation is 2. The van der Waals surface area contributed by atoms with Gasteiger partial charge in [-0.1, -0.05) is 79.8 Å². The van der Waals surface area contributed by atoms with Crippen LogP contribution in [0.5, 0.6) is 11.5 Å². The molecule has 4 rings (SSSR count). The summed E-state index contributed by atoms with van der Waals surface area (Å²) in [5, 5.41) is 0. The molecule has 2 heterocycles. The van der Waals surface area contributed by atoms with E-state index in [9.17, 15) is 0 Å². The van der Waals surface area contributed by atoms with Gasteiger partial charge in [-0.2, -0.15) is 0 Å². The maximum atomic E-state index is 6.65.